The summed E-state index contributed by atoms with van der Waals surface area (Å²) in [5, 5.41) is 9.23. The first-order chi connectivity index (χ1) is 21.3. The van der Waals surface area contributed by atoms with Crippen LogP contribution in [0, 0.1) is 23.1 Å². The third kappa shape index (κ3) is 4.52. The van der Waals surface area contributed by atoms with Gasteiger partial charge in [-0.05, 0) is 74.3 Å². The standard InChI is InChI=1S/C30H27F8NO6S/c31-19-3-5-20(6-4-19)46(43,44)27-8-1-9-39(24(40)16-11-26(12-16)13-17(14-26)25(41)42)23(27)15-45-22-10-18(2-7-21(22)27)28(32,29(33,34)35)30(36,37)38/h2-7,10,16-17,23H,1,8-9,11-15H2,(H,41,42). The van der Waals surface area contributed by atoms with Crippen molar-refractivity contribution in [3.63, 3.8) is 0 Å². The molecular weight excluding hydrogens is 654 g/mol. The van der Waals surface area contributed by atoms with Crippen LogP contribution in [0.1, 0.15) is 49.7 Å². The minimum atomic E-state index is -6.42. The molecule has 1 amide bonds. The third-order valence-electron chi connectivity index (χ3n) is 10.2. The van der Waals surface area contributed by atoms with Gasteiger partial charge >= 0.3 is 24.0 Å². The molecule has 1 saturated heterocycles. The summed E-state index contributed by atoms with van der Waals surface area (Å²) in [6.07, 6.45) is -11.4. The fourth-order valence-electron chi connectivity index (χ4n) is 7.92. The summed E-state index contributed by atoms with van der Waals surface area (Å²) < 4.78 is 143. The minimum absolute atomic E-state index is 0.0565. The highest BCUT2D eigenvalue weighted by Gasteiger charge is 2.74. The Bertz CT molecular complexity index is 1660. The molecule has 250 valence electrons. The van der Waals surface area contributed by atoms with E-state index in [1.54, 1.807) is 0 Å². The lowest BCUT2D eigenvalue weighted by Crippen LogP contribution is -2.66. The van der Waals surface area contributed by atoms with Crippen molar-refractivity contribution in [2.75, 3.05) is 13.2 Å². The van der Waals surface area contributed by atoms with Crippen LogP contribution in [0.25, 0.3) is 0 Å². The molecule has 0 radical (unpaired) electrons. The molecule has 0 aromatic heterocycles. The van der Waals surface area contributed by atoms with E-state index >= 15 is 0 Å². The average Bonchev–Trinajstić information content (AvgIpc) is 2.93. The first-order valence-corrected chi connectivity index (χ1v) is 15.9. The summed E-state index contributed by atoms with van der Waals surface area (Å²) in [6, 6.07) is 3.45. The molecule has 2 aromatic carbocycles. The molecule has 4 aliphatic rings. The molecule has 16 heteroatoms. The van der Waals surface area contributed by atoms with Gasteiger partial charge in [-0.1, -0.05) is 12.1 Å². The Morgan fingerprint density at radius 1 is 0.891 bits per heavy atom. The van der Waals surface area contributed by atoms with Crippen molar-refractivity contribution in [1.29, 1.82) is 0 Å². The number of amides is 1. The maximum atomic E-state index is 15.0. The summed E-state index contributed by atoms with van der Waals surface area (Å²) in [7, 11) is -4.68. The van der Waals surface area contributed by atoms with Gasteiger partial charge in [0.05, 0.1) is 16.9 Å². The van der Waals surface area contributed by atoms with Crippen molar-refractivity contribution < 1.29 is 63.0 Å². The zero-order chi connectivity index (χ0) is 33.7. The molecule has 0 bridgehead atoms. The van der Waals surface area contributed by atoms with Crippen molar-refractivity contribution in [1.82, 2.24) is 4.90 Å². The Morgan fingerprint density at radius 3 is 2.04 bits per heavy atom. The van der Waals surface area contributed by atoms with E-state index in [9.17, 15) is 58.2 Å². The van der Waals surface area contributed by atoms with E-state index in [2.05, 4.69) is 0 Å². The SMILES string of the molecule is O=C(O)C1CC2(C1)CC(C(=O)N1CCCC3(S(=O)(=O)c4ccc(F)cc4)c4ccc(C(F)(C(F)(F)F)C(F)(F)F)cc4OCC13)C2. The maximum Gasteiger partial charge on any atom is 0.435 e. The van der Waals surface area contributed by atoms with Crippen LogP contribution in [0.15, 0.2) is 47.4 Å². The number of carboxylic acids is 1. The first kappa shape index (κ1) is 32.5. The Kier molecular flexibility index (Phi) is 7.27. The highest BCUT2D eigenvalue weighted by molar-refractivity contribution is 7.92. The normalized spacial score (nSPS) is 29.6. The van der Waals surface area contributed by atoms with Gasteiger partial charge < -0.3 is 14.7 Å². The second-order valence-corrected chi connectivity index (χ2v) is 14.9. The molecule has 1 spiro atoms. The van der Waals surface area contributed by atoms with Crippen LogP contribution in [0.3, 0.4) is 0 Å². The number of nitrogens with zero attached hydrogens (tertiary/aromatic N) is 1. The fraction of sp³-hybridized carbons (Fsp3) is 0.533. The lowest BCUT2D eigenvalue weighted by Gasteiger charge is -2.58. The second-order valence-electron chi connectivity index (χ2n) is 12.7. The number of aliphatic carboxylic acids is 1. The van der Waals surface area contributed by atoms with E-state index in [-0.39, 0.29) is 42.5 Å². The summed E-state index contributed by atoms with van der Waals surface area (Å²) in [4.78, 5) is 26.0. The quantitative estimate of drug-likeness (QED) is 0.305. The predicted molar refractivity (Wildman–Crippen MR) is 142 cm³/mol. The zero-order valence-corrected chi connectivity index (χ0v) is 24.6. The monoisotopic (exact) mass is 681 g/mol. The Morgan fingerprint density at radius 2 is 1.48 bits per heavy atom. The van der Waals surface area contributed by atoms with Crippen LogP contribution in [0.5, 0.6) is 5.75 Å². The van der Waals surface area contributed by atoms with Crippen molar-refractivity contribution in [3.05, 3.63) is 59.4 Å². The summed E-state index contributed by atoms with van der Waals surface area (Å²) >= 11 is 0. The van der Waals surface area contributed by atoms with Crippen LogP contribution in [0.2, 0.25) is 0 Å². The van der Waals surface area contributed by atoms with Gasteiger partial charge in [-0.2, -0.15) is 26.3 Å². The fourth-order valence-corrected chi connectivity index (χ4v) is 10.3. The summed E-state index contributed by atoms with van der Waals surface area (Å²) in [6.45, 7) is -0.586. The number of carbonyl (C=O) groups excluding carboxylic acids is 1. The van der Waals surface area contributed by atoms with Gasteiger partial charge in [0.2, 0.25) is 5.91 Å². The number of benzene rings is 2. The highest BCUT2D eigenvalue weighted by atomic mass is 32.2. The number of piperidine rings is 1. The van der Waals surface area contributed by atoms with E-state index in [4.69, 9.17) is 4.74 Å². The molecule has 1 N–H and O–H groups in total. The number of fused-ring (bicyclic) bond motifs is 3. The second kappa shape index (κ2) is 10.3. The molecular formula is C30H27F8NO6S. The summed E-state index contributed by atoms with van der Waals surface area (Å²) in [5.74, 6) is -3.93. The highest BCUT2D eigenvalue weighted by Crippen LogP contribution is 2.62. The van der Waals surface area contributed by atoms with Crippen LogP contribution < -0.4 is 4.74 Å². The molecule has 7 nitrogen and oxygen atoms in total. The van der Waals surface area contributed by atoms with Gasteiger partial charge in [0.1, 0.15) is 22.9 Å². The number of hydrogen-bond acceptors (Lipinski definition) is 5. The van der Waals surface area contributed by atoms with Crippen LogP contribution in [-0.4, -0.2) is 61.8 Å². The van der Waals surface area contributed by atoms with Crippen LogP contribution in [0.4, 0.5) is 35.1 Å². The summed E-state index contributed by atoms with van der Waals surface area (Å²) in [5.41, 5.74) is -8.32. The topological polar surface area (TPSA) is 101 Å². The smallest absolute Gasteiger partial charge is 0.435 e. The molecule has 46 heavy (non-hydrogen) atoms. The van der Waals surface area contributed by atoms with E-state index in [0.29, 0.717) is 31.7 Å². The number of carboxylic acid groups (broad SMARTS) is 1. The van der Waals surface area contributed by atoms with Crippen molar-refractivity contribution in [2.45, 2.75) is 72.2 Å². The van der Waals surface area contributed by atoms with E-state index in [1.807, 2.05) is 0 Å². The van der Waals surface area contributed by atoms with Gasteiger partial charge in [0.15, 0.2) is 9.84 Å². The number of ether oxygens (including phenoxy) is 1. The van der Waals surface area contributed by atoms with E-state index in [1.165, 1.54) is 4.90 Å². The number of carbonyl (C=O) groups is 2. The molecule has 2 saturated carbocycles. The molecule has 3 fully saturated rings. The third-order valence-corrected chi connectivity index (χ3v) is 12.7. The lowest BCUT2D eigenvalue weighted by molar-refractivity contribution is -0.348. The molecule has 2 aromatic rings. The van der Waals surface area contributed by atoms with E-state index in [0.717, 1.165) is 24.3 Å². The van der Waals surface area contributed by atoms with E-state index < -0.39 is 91.0 Å². The van der Waals surface area contributed by atoms with Crippen LogP contribution in [-0.2, 0) is 29.8 Å². The van der Waals surface area contributed by atoms with Gasteiger partial charge in [0, 0.05) is 23.6 Å². The van der Waals surface area contributed by atoms with Crippen molar-refractivity contribution in [3.8, 4) is 5.75 Å². The number of hydrogen-bond donors (Lipinski definition) is 1. The predicted octanol–water partition coefficient (Wildman–Crippen LogP) is 6.06. The van der Waals surface area contributed by atoms with Crippen molar-refractivity contribution >= 4 is 21.7 Å². The molecule has 2 heterocycles. The maximum absolute atomic E-state index is 15.0. The Balaban J connectivity index is 1.43. The number of alkyl halides is 7. The number of halogens is 8. The van der Waals surface area contributed by atoms with Gasteiger partial charge in [-0.15, -0.1) is 0 Å². The Labute approximate surface area is 257 Å². The molecule has 2 atom stereocenters. The number of likely N-dealkylation sites (tertiary alicyclic amines) is 1. The average molecular weight is 682 g/mol. The lowest BCUT2D eigenvalue weighted by atomic mass is 9.48. The van der Waals surface area contributed by atoms with Gasteiger partial charge in [-0.25, -0.2) is 17.2 Å². The zero-order valence-electron chi connectivity index (χ0n) is 23.8. The first-order valence-electron chi connectivity index (χ1n) is 14.4. The van der Waals surface area contributed by atoms with Crippen molar-refractivity contribution in [2.24, 2.45) is 17.3 Å². The Hall–Kier alpha value is -3.43. The molecule has 2 aliphatic carbocycles. The number of sulfone groups is 1. The van der Waals surface area contributed by atoms with Gasteiger partial charge in [0.25, 0.3) is 0 Å². The molecule has 2 aliphatic heterocycles. The van der Waals surface area contributed by atoms with Crippen LogP contribution >= 0.6 is 0 Å². The minimum Gasteiger partial charge on any atom is -0.491 e. The largest absolute Gasteiger partial charge is 0.491 e. The number of rotatable bonds is 5. The molecule has 6 rings (SSSR count). The van der Waals surface area contributed by atoms with Gasteiger partial charge in [-0.3, -0.25) is 9.59 Å². The molecule has 2 unspecified atom stereocenters.